The summed E-state index contributed by atoms with van der Waals surface area (Å²) < 4.78 is 59.2. The van der Waals surface area contributed by atoms with Gasteiger partial charge in [0.15, 0.2) is 0 Å². The standard InChI is InChI=1S/C8H19P.2C5H5.Co.F6P/c1-7(2,3)9-8(4,5)6;2*1-2-4-5-3-1;;1-7(2,3,4,5)6/h9H,1-6H3;2*1-5H;;/q;;;;-1. The van der Waals surface area contributed by atoms with Crippen molar-refractivity contribution in [3.8, 4) is 0 Å². The summed E-state index contributed by atoms with van der Waals surface area (Å²) in [6, 6.07) is 0. The van der Waals surface area contributed by atoms with Crippen LogP contribution in [0.2, 0.25) is 9.70 Å². The molecule has 0 amide bonds. The molecule has 9 heteroatoms. The summed E-state index contributed by atoms with van der Waals surface area (Å²) in [5, 5.41) is 1.02. The average molecular weight is 480 g/mol. The van der Waals surface area contributed by atoms with Crippen LogP contribution in [0.25, 0.3) is 0 Å². The molecule has 0 aliphatic heterocycles. The summed E-state index contributed by atoms with van der Waals surface area (Å²) >= 11 is 1.51. The number of hydrogen-bond donors (Lipinski definition) is 0. The molecular formula is C18H29CoF6P2-. The van der Waals surface area contributed by atoms with Crippen LogP contribution < -0.4 is 0 Å². The minimum absolute atomic E-state index is 0.512. The Morgan fingerprint density at radius 1 is 0.630 bits per heavy atom. The van der Waals surface area contributed by atoms with Crippen molar-refractivity contribution < 1.29 is 39.9 Å². The van der Waals surface area contributed by atoms with E-state index < -0.39 is 7.81 Å². The van der Waals surface area contributed by atoms with Crippen molar-refractivity contribution in [2.75, 3.05) is 0 Å². The van der Waals surface area contributed by atoms with Crippen molar-refractivity contribution in [2.45, 2.75) is 61.6 Å². The molecule has 27 heavy (non-hydrogen) atoms. The third-order valence-corrected chi connectivity index (χ3v) is 5.48. The predicted molar refractivity (Wildman–Crippen MR) is 105 cm³/mol. The fourth-order valence-corrected chi connectivity index (χ4v) is 5.85. The quantitative estimate of drug-likeness (QED) is 0.273. The van der Waals surface area contributed by atoms with E-state index in [-0.39, 0.29) is 0 Å². The van der Waals surface area contributed by atoms with Gasteiger partial charge in [-0.05, 0) is 10.3 Å². The van der Waals surface area contributed by atoms with E-state index in [2.05, 4.69) is 90.2 Å². The molecule has 2 aliphatic carbocycles. The van der Waals surface area contributed by atoms with Gasteiger partial charge < -0.3 is 0 Å². The third kappa shape index (κ3) is 25.9. The van der Waals surface area contributed by atoms with Gasteiger partial charge in [0.1, 0.15) is 0 Å². The van der Waals surface area contributed by atoms with Crippen LogP contribution in [-0.2, 0) is 14.7 Å². The monoisotopic (exact) mass is 480 g/mol. The van der Waals surface area contributed by atoms with Crippen molar-refractivity contribution in [2.24, 2.45) is 0 Å². The maximum absolute atomic E-state index is 10.7. The van der Waals surface area contributed by atoms with Crippen LogP contribution in [0.3, 0.4) is 0 Å². The fraction of sp³-hybridized carbons (Fsp3) is 0.556. The molecule has 0 saturated carbocycles. The molecule has 0 nitrogen and oxygen atoms in total. The summed E-state index contributed by atoms with van der Waals surface area (Å²) in [6.45, 7) is 13.8. The number of rotatable bonds is 2. The van der Waals surface area contributed by atoms with Crippen LogP contribution in [0, 0.1) is 0 Å². The second-order valence-electron chi connectivity index (χ2n) is 8.06. The zero-order valence-corrected chi connectivity index (χ0v) is 19.3. The SMILES string of the molecule is C1=C[CH]([Co][CH]2C=CC=C2)C=C1.CC(C)(C)PC(C)(C)C.F[P-](F)(F)(F)(F)F. The first-order valence-electron chi connectivity index (χ1n) is 8.23. The molecule has 2 rings (SSSR count). The van der Waals surface area contributed by atoms with Gasteiger partial charge in [-0.15, -0.1) is 8.58 Å². The van der Waals surface area contributed by atoms with Gasteiger partial charge in [-0.3, -0.25) is 0 Å². The van der Waals surface area contributed by atoms with Gasteiger partial charge in [0.25, 0.3) is 0 Å². The molecule has 0 bridgehead atoms. The van der Waals surface area contributed by atoms with Crippen LogP contribution in [-0.4, -0.2) is 10.3 Å². The molecule has 163 valence electrons. The average Bonchev–Trinajstić information content (AvgIpc) is 2.93. The van der Waals surface area contributed by atoms with Gasteiger partial charge in [0.05, 0.1) is 0 Å². The summed E-state index contributed by atoms with van der Waals surface area (Å²) in [4.78, 5) is 1.28. The van der Waals surface area contributed by atoms with Crippen LogP contribution in [0.1, 0.15) is 41.5 Å². The van der Waals surface area contributed by atoms with E-state index in [1.165, 1.54) is 14.7 Å². The molecule has 0 aromatic rings. The summed E-state index contributed by atoms with van der Waals surface area (Å²) in [5.41, 5.74) is 0. The number of allylic oxidation sites excluding steroid dienone is 8. The van der Waals surface area contributed by atoms with Gasteiger partial charge in [-0.2, -0.15) is 0 Å². The fourth-order valence-electron chi connectivity index (χ4n) is 2.21. The molecule has 0 aromatic heterocycles. The Morgan fingerprint density at radius 2 is 0.852 bits per heavy atom. The van der Waals surface area contributed by atoms with Crippen LogP contribution in [0.4, 0.5) is 25.2 Å². The molecule has 0 radical (unpaired) electrons. The number of halogens is 6. The van der Waals surface area contributed by atoms with Gasteiger partial charge >= 0.3 is 106 Å². The third-order valence-electron chi connectivity index (χ3n) is 2.37. The van der Waals surface area contributed by atoms with E-state index in [4.69, 9.17) is 0 Å². The molecule has 0 aromatic carbocycles. The Morgan fingerprint density at radius 3 is 1.00 bits per heavy atom. The molecule has 2 aliphatic rings. The van der Waals surface area contributed by atoms with Gasteiger partial charge in [0.2, 0.25) is 0 Å². The minimum atomic E-state index is -10.7. The van der Waals surface area contributed by atoms with Crippen molar-refractivity contribution >= 4 is 16.4 Å². The Kier molecular flexibility index (Phi) is 8.70. The Labute approximate surface area is 166 Å². The van der Waals surface area contributed by atoms with Gasteiger partial charge in [-0.25, -0.2) is 0 Å². The first kappa shape index (κ1) is 26.9. The Hall–Kier alpha value is -0.0935. The normalized spacial score (nSPS) is 20.0. The predicted octanol–water partition coefficient (Wildman–Crippen LogP) is 9.54. The zero-order valence-electron chi connectivity index (χ0n) is 16.3. The second-order valence-corrected chi connectivity index (χ2v) is 15.0. The molecule has 0 spiro atoms. The summed E-state index contributed by atoms with van der Waals surface area (Å²) in [7, 11) is -9.61. The van der Waals surface area contributed by atoms with E-state index >= 15 is 0 Å². The molecule has 0 N–H and O–H groups in total. The molecular weight excluding hydrogens is 451 g/mol. The van der Waals surface area contributed by atoms with Gasteiger partial charge in [0, 0.05) is 0 Å². The van der Waals surface area contributed by atoms with Crippen molar-refractivity contribution in [3.63, 3.8) is 0 Å². The van der Waals surface area contributed by atoms with Crippen molar-refractivity contribution in [1.29, 1.82) is 0 Å². The second kappa shape index (κ2) is 8.73. The van der Waals surface area contributed by atoms with E-state index in [1.807, 2.05) is 0 Å². The zero-order chi connectivity index (χ0) is 21.6. The first-order chi connectivity index (χ1) is 11.6. The molecule has 0 unspecified atom stereocenters. The van der Waals surface area contributed by atoms with Crippen LogP contribution >= 0.6 is 16.4 Å². The maximum atomic E-state index is 9.87. The van der Waals surface area contributed by atoms with Crippen LogP contribution in [0.15, 0.2) is 48.6 Å². The first-order valence-corrected chi connectivity index (χ1v) is 12.5. The van der Waals surface area contributed by atoms with Crippen molar-refractivity contribution in [1.82, 2.24) is 0 Å². The molecule has 0 fully saturated rings. The topological polar surface area (TPSA) is 0 Å². The molecule has 0 atom stereocenters. The molecule has 0 heterocycles. The summed E-state index contributed by atoms with van der Waals surface area (Å²) in [5.74, 6) is 0. The Bertz CT molecular complexity index is 516. The Balaban J connectivity index is 0.000000389. The van der Waals surface area contributed by atoms with E-state index in [0.717, 1.165) is 8.58 Å². The summed E-state index contributed by atoms with van der Waals surface area (Å²) in [6.07, 6.45) is 17.5. The molecule has 0 saturated heterocycles. The van der Waals surface area contributed by atoms with Gasteiger partial charge in [-0.1, -0.05) is 41.5 Å². The van der Waals surface area contributed by atoms with Crippen LogP contribution in [0.5, 0.6) is 0 Å². The van der Waals surface area contributed by atoms with Crippen molar-refractivity contribution in [3.05, 3.63) is 48.6 Å². The van der Waals surface area contributed by atoms with E-state index in [9.17, 15) is 25.2 Å². The number of hydrogen-bond acceptors (Lipinski definition) is 0. The van der Waals surface area contributed by atoms with E-state index in [1.54, 1.807) is 0 Å². The van der Waals surface area contributed by atoms with E-state index in [0.29, 0.717) is 20.0 Å².